The molecule has 0 aliphatic rings. The molecule has 54 heavy (non-hydrogen) atoms. The summed E-state index contributed by atoms with van der Waals surface area (Å²) in [4.78, 5) is 64.6. The van der Waals surface area contributed by atoms with Gasteiger partial charge in [-0.3, -0.25) is 19.2 Å². The highest BCUT2D eigenvalue weighted by Crippen LogP contribution is 2.30. The Bertz CT molecular complexity index is 2180. The second kappa shape index (κ2) is 18.4. The number of aromatic nitrogens is 1. The molecule has 5 rings (SSSR count). The van der Waals surface area contributed by atoms with Crippen LogP contribution < -0.4 is 21.3 Å². The quantitative estimate of drug-likeness (QED) is 0.0824. The Morgan fingerprint density at radius 3 is 2.07 bits per heavy atom. The molecule has 4 aromatic carbocycles. The van der Waals surface area contributed by atoms with E-state index < -0.39 is 60.8 Å². The monoisotopic (exact) mass is 748 g/mol. The highest BCUT2D eigenvalue weighted by molar-refractivity contribution is 7.98. The molecular weight excluding hydrogens is 709 g/mol. The number of benzene rings is 4. The molecule has 278 valence electrons. The van der Waals surface area contributed by atoms with Gasteiger partial charge in [-0.25, -0.2) is 4.79 Å². The van der Waals surface area contributed by atoms with Gasteiger partial charge in [0.15, 0.2) is 0 Å². The van der Waals surface area contributed by atoms with Crippen molar-refractivity contribution < 1.29 is 34.2 Å². The summed E-state index contributed by atoms with van der Waals surface area (Å²) in [5.74, 6) is -3.25. The summed E-state index contributed by atoms with van der Waals surface area (Å²) >= 11 is 1.44. The lowest BCUT2D eigenvalue weighted by Gasteiger charge is -2.22. The first-order valence-corrected chi connectivity index (χ1v) is 18.6. The molecule has 0 aliphatic heterocycles. The van der Waals surface area contributed by atoms with E-state index in [0.29, 0.717) is 16.7 Å². The first kappa shape index (κ1) is 38.9. The standard InChI is InChI=1S/C40H40N6O7S/c1-54-16-15-32(40(52)53)45-38(50)33(17-25-7-3-2-4-8-25)44-37(49)23-42-36(48)22-43-39(51)34(18-26-11-13-30(47)14-12-26)46-24-29-19-27-9-5-6-10-28(27)20-31(29)35(46)21-41/h2-14,19-20,24,32-34,47H,15-18,22-23H2,1H3,(H,42,48)(H,43,51)(H,44,49)(H,45,50)(H,52,53)/t32-,33-,34-/m0/s1. The topological polar surface area (TPSA) is 203 Å². The van der Waals surface area contributed by atoms with Crippen LogP contribution in [-0.4, -0.2) is 81.6 Å². The third-order valence-electron chi connectivity index (χ3n) is 8.85. The van der Waals surface area contributed by atoms with E-state index in [2.05, 4.69) is 27.3 Å². The van der Waals surface area contributed by atoms with E-state index in [1.54, 1.807) is 53.2 Å². The maximum absolute atomic E-state index is 13.8. The summed E-state index contributed by atoms with van der Waals surface area (Å²) in [5.41, 5.74) is 1.70. The van der Waals surface area contributed by atoms with Crippen molar-refractivity contribution in [1.82, 2.24) is 25.8 Å². The number of thioether (sulfide) groups is 1. The lowest BCUT2D eigenvalue weighted by molar-refractivity contribution is -0.142. The van der Waals surface area contributed by atoms with Crippen LogP contribution in [0.1, 0.15) is 29.3 Å². The van der Waals surface area contributed by atoms with Gasteiger partial charge in [-0.05, 0) is 64.6 Å². The van der Waals surface area contributed by atoms with Crippen LogP contribution in [0.2, 0.25) is 0 Å². The number of phenolic OH excluding ortho intramolecular Hbond substituents is 1. The number of carbonyl (C=O) groups excluding carboxylic acids is 4. The number of aromatic hydroxyl groups is 1. The van der Waals surface area contributed by atoms with Gasteiger partial charge in [0.1, 0.15) is 35.6 Å². The van der Waals surface area contributed by atoms with Gasteiger partial charge < -0.3 is 36.0 Å². The molecule has 6 N–H and O–H groups in total. The number of hydrogen-bond donors (Lipinski definition) is 6. The molecule has 5 aromatic rings. The number of carboxylic acids is 1. The molecule has 14 heteroatoms. The maximum Gasteiger partial charge on any atom is 0.326 e. The normalized spacial score (nSPS) is 12.6. The van der Waals surface area contributed by atoms with Crippen LogP contribution in [0, 0.1) is 11.3 Å². The smallest absolute Gasteiger partial charge is 0.326 e. The van der Waals surface area contributed by atoms with E-state index in [9.17, 15) is 39.4 Å². The van der Waals surface area contributed by atoms with Crippen molar-refractivity contribution in [2.24, 2.45) is 0 Å². The minimum absolute atomic E-state index is 0.0548. The van der Waals surface area contributed by atoms with Gasteiger partial charge in [0.2, 0.25) is 23.6 Å². The molecule has 13 nitrogen and oxygen atoms in total. The predicted octanol–water partition coefficient (Wildman–Crippen LogP) is 3.44. The molecule has 0 unspecified atom stereocenters. The van der Waals surface area contributed by atoms with Gasteiger partial charge >= 0.3 is 5.97 Å². The van der Waals surface area contributed by atoms with Crippen LogP contribution in [0.5, 0.6) is 5.75 Å². The zero-order chi connectivity index (χ0) is 38.6. The first-order valence-electron chi connectivity index (χ1n) is 17.2. The Labute approximate surface area is 315 Å². The molecule has 4 amide bonds. The number of phenols is 1. The SMILES string of the molecule is CSCC[C@H](NC(=O)[C@H](Cc1ccccc1)NC(=O)CNC(=O)CNC(=O)[C@H](Cc1ccc(O)cc1)n1cc2cc3ccccc3cc2c1C#N)C(=O)O. The minimum atomic E-state index is -1.19. The molecule has 0 radical (unpaired) electrons. The van der Waals surface area contributed by atoms with Crippen molar-refractivity contribution in [2.75, 3.05) is 25.1 Å². The fourth-order valence-electron chi connectivity index (χ4n) is 6.06. The van der Waals surface area contributed by atoms with E-state index in [4.69, 9.17) is 0 Å². The number of amides is 4. The number of nitrogens with zero attached hydrogens (tertiary/aromatic N) is 2. The molecule has 0 saturated carbocycles. The number of fused-ring (bicyclic) bond motifs is 2. The Morgan fingerprint density at radius 1 is 0.759 bits per heavy atom. The van der Waals surface area contributed by atoms with E-state index in [0.717, 1.165) is 21.7 Å². The summed E-state index contributed by atoms with van der Waals surface area (Å²) in [6.45, 7) is -1.01. The van der Waals surface area contributed by atoms with Gasteiger partial charge in [0.25, 0.3) is 0 Å². The van der Waals surface area contributed by atoms with Crippen LogP contribution in [0.4, 0.5) is 0 Å². The summed E-state index contributed by atoms with van der Waals surface area (Å²) in [7, 11) is 0. The zero-order valence-corrected chi connectivity index (χ0v) is 30.3. The van der Waals surface area contributed by atoms with Crippen LogP contribution in [0.3, 0.4) is 0 Å². The Balaban J connectivity index is 1.26. The van der Waals surface area contributed by atoms with Crippen molar-refractivity contribution in [3.63, 3.8) is 0 Å². The van der Waals surface area contributed by atoms with Crippen LogP contribution in [-0.2, 0) is 36.8 Å². The molecule has 0 bridgehead atoms. The van der Waals surface area contributed by atoms with Gasteiger partial charge in [-0.15, -0.1) is 0 Å². The van der Waals surface area contributed by atoms with Crippen molar-refractivity contribution in [1.29, 1.82) is 5.26 Å². The average molecular weight is 749 g/mol. The number of nitriles is 1. The third kappa shape index (κ3) is 10.2. The highest BCUT2D eigenvalue weighted by Gasteiger charge is 2.28. The lowest BCUT2D eigenvalue weighted by atomic mass is 10.0. The highest BCUT2D eigenvalue weighted by atomic mass is 32.2. The first-order chi connectivity index (χ1) is 26.1. The second-order valence-corrected chi connectivity index (χ2v) is 13.6. The van der Waals surface area contributed by atoms with Crippen molar-refractivity contribution in [3.05, 3.63) is 114 Å². The lowest BCUT2D eigenvalue weighted by Crippen LogP contribution is -2.54. The summed E-state index contributed by atoms with van der Waals surface area (Å²) in [6.07, 6.45) is 3.97. The molecule has 3 atom stereocenters. The number of hydrogen-bond acceptors (Lipinski definition) is 8. The van der Waals surface area contributed by atoms with Crippen molar-refractivity contribution in [3.8, 4) is 11.8 Å². The van der Waals surface area contributed by atoms with E-state index in [-0.39, 0.29) is 30.7 Å². The summed E-state index contributed by atoms with van der Waals surface area (Å²) in [6, 6.07) is 25.8. The maximum atomic E-state index is 13.8. The van der Waals surface area contributed by atoms with E-state index in [1.165, 1.54) is 23.9 Å². The van der Waals surface area contributed by atoms with Crippen molar-refractivity contribution in [2.45, 2.75) is 37.4 Å². The Hall–Kier alpha value is -6.33. The van der Waals surface area contributed by atoms with Crippen LogP contribution in [0.25, 0.3) is 21.5 Å². The Morgan fingerprint density at radius 2 is 1.41 bits per heavy atom. The number of carboxylic acid groups (broad SMARTS) is 1. The third-order valence-corrected chi connectivity index (χ3v) is 9.49. The number of rotatable bonds is 17. The molecule has 0 saturated heterocycles. The van der Waals surface area contributed by atoms with Gasteiger partial charge in [-0.1, -0.05) is 66.7 Å². The number of aliphatic carboxylic acids is 1. The van der Waals surface area contributed by atoms with Gasteiger partial charge in [0, 0.05) is 29.8 Å². The fourth-order valence-corrected chi connectivity index (χ4v) is 6.53. The second-order valence-electron chi connectivity index (χ2n) is 12.7. The number of nitrogens with one attached hydrogen (secondary N) is 4. The van der Waals surface area contributed by atoms with E-state index in [1.807, 2.05) is 42.7 Å². The molecule has 0 aliphatic carbocycles. The summed E-state index contributed by atoms with van der Waals surface area (Å²) in [5, 5.41) is 43.1. The van der Waals surface area contributed by atoms with E-state index >= 15 is 0 Å². The summed E-state index contributed by atoms with van der Waals surface area (Å²) < 4.78 is 1.59. The average Bonchev–Trinajstić information content (AvgIpc) is 3.53. The molecule has 0 spiro atoms. The largest absolute Gasteiger partial charge is 0.508 e. The zero-order valence-electron chi connectivity index (χ0n) is 29.5. The molecular formula is C40H40N6O7S. The fraction of sp³-hybridized carbons (Fsp3) is 0.250. The van der Waals surface area contributed by atoms with Gasteiger partial charge in [0.05, 0.1) is 13.1 Å². The Kier molecular flexibility index (Phi) is 13.3. The molecule has 0 fully saturated rings. The number of carbonyl (C=O) groups is 5. The minimum Gasteiger partial charge on any atom is -0.508 e. The molecule has 1 aromatic heterocycles. The molecule has 1 heterocycles. The van der Waals surface area contributed by atoms with Gasteiger partial charge in [-0.2, -0.15) is 17.0 Å². The van der Waals surface area contributed by atoms with Crippen LogP contribution >= 0.6 is 11.8 Å². The van der Waals surface area contributed by atoms with Crippen LogP contribution in [0.15, 0.2) is 97.2 Å². The predicted molar refractivity (Wildman–Crippen MR) is 206 cm³/mol. The van der Waals surface area contributed by atoms with Crippen molar-refractivity contribution >= 4 is 62.9 Å².